The fourth-order valence-electron chi connectivity index (χ4n) is 13.6. The second-order valence-corrected chi connectivity index (χ2v) is 20.8. The van der Waals surface area contributed by atoms with Gasteiger partial charge < -0.3 is 20.3 Å². The van der Waals surface area contributed by atoms with Gasteiger partial charge in [-0.15, -0.1) is 0 Å². The summed E-state index contributed by atoms with van der Waals surface area (Å²) in [7, 11) is 1.96. The van der Waals surface area contributed by atoms with Crippen LogP contribution in [0.25, 0.3) is 0 Å². The molecule has 0 radical (unpaired) electrons. The molecule has 3 N–H and O–H groups in total. The first-order valence-corrected chi connectivity index (χ1v) is 21.3. The number of fused-ring (bicyclic) bond motifs is 7. The van der Waals surface area contributed by atoms with Crippen molar-refractivity contribution in [2.24, 2.45) is 56.2 Å². The summed E-state index contributed by atoms with van der Waals surface area (Å²) in [5.74, 6) is 0.0293. The summed E-state index contributed by atoms with van der Waals surface area (Å²) in [6.45, 7) is 22.5. The average molecular weight is 762 g/mol. The number of carbonyl (C=O) groups excluding carboxylic acids is 2. The third-order valence-electron chi connectivity index (χ3n) is 16.7. The summed E-state index contributed by atoms with van der Waals surface area (Å²) >= 11 is 0. The first-order valence-electron chi connectivity index (χ1n) is 21.3. The van der Waals surface area contributed by atoms with Crippen molar-refractivity contribution in [3.8, 4) is 0 Å². The van der Waals surface area contributed by atoms with Gasteiger partial charge in [0.1, 0.15) is 6.10 Å². The Morgan fingerprint density at radius 1 is 1.02 bits per heavy atom. The number of rotatable bonds is 13. The zero-order valence-corrected chi connectivity index (χ0v) is 35.6. The highest BCUT2D eigenvalue weighted by atomic mass is 16.5. The van der Waals surface area contributed by atoms with Crippen LogP contribution in [0.5, 0.6) is 0 Å². The minimum Gasteiger partial charge on any atom is -0.481 e. The highest BCUT2D eigenvalue weighted by Gasteiger charge is 2.71. The number of pyridine rings is 1. The number of likely N-dealkylation sites (N-methyl/N-ethyl adjacent to an activating group) is 1. The van der Waals surface area contributed by atoms with E-state index in [9.17, 15) is 24.6 Å². The average Bonchev–Trinajstić information content (AvgIpc) is 3.42. The van der Waals surface area contributed by atoms with Crippen LogP contribution < -0.4 is 5.32 Å². The van der Waals surface area contributed by atoms with Gasteiger partial charge in [0.15, 0.2) is 5.78 Å². The highest BCUT2D eigenvalue weighted by Crippen LogP contribution is 2.77. The van der Waals surface area contributed by atoms with E-state index < -0.39 is 28.9 Å². The lowest BCUT2D eigenvalue weighted by Gasteiger charge is -2.72. The minimum atomic E-state index is -1.17. The maximum Gasteiger partial charge on any atom is 0.309 e. The molecule has 55 heavy (non-hydrogen) atoms. The van der Waals surface area contributed by atoms with Gasteiger partial charge in [-0.2, -0.15) is 0 Å². The highest BCUT2D eigenvalue weighted by molar-refractivity contribution is 6.00. The molecule has 5 aliphatic rings. The fourth-order valence-corrected chi connectivity index (χ4v) is 13.6. The standard InChI is InChI=1S/C46H71N3O6/c1-29(2)38-32(50)24-46(35(51)28-49(23-22-47-10)27-30-12-11-21-48-26-30)20-19-44(8)31(39(38)46)13-14-34-43(7)17-16-36(55-37(52)25-41(3,4)40(53)54)42(5,6)33(43)15-18-45(34,44)9/h11-12,21,26,29,31,33-36,47,51H,13-20,22-25,27-28H2,1-10H3,(H,53,54)/t31-,33+,34-,35?,36+,43+,44-,45-,46?/m1/s1. The van der Waals surface area contributed by atoms with Crippen molar-refractivity contribution >= 4 is 17.7 Å². The summed E-state index contributed by atoms with van der Waals surface area (Å²) in [6.07, 6.45) is 10.9. The number of hydrogen-bond donors (Lipinski definition) is 3. The number of aromatic nitrogens is 1. The maximum absolute atomic E-state index is 14.2. The summed E-state index contributed by atoms with van der Waals surface area (Å²) < 4.78 is 6.19. The largest absolute Gasteiger partial charge is 0.481 e. The van der Waals surface area contributed by atoms with Crippen molar-refractivity contribution in [2.45, 2.75) is 145 Å². The van der Waals surface area contributed by atoms with Gasteiger partial charge in [-0.3, -0.25) is 24.3 Å². The number of aliphatic hydroxyl groups is 1. The molecular formula is C46H71N3O6. The van der Waals surface area contributed by atoms with Gasteiger partial charge in [-0.25, -0.2) is 0 Å². The van der Waals surface area contributed by atoms with Crippen LogP contribution in [0, 0.1) is 56.2 Å². The Morgan fingerprint density at radius 3 is 2.38 bits per heavy atom. The number of hydrogen-bond acceptors (Lipinski definition) is 8. The van der Waals surface area contributed by atoms with E-state index in [2.05, 4.69) is 69.7 Å². The predicted octanol–water partition coefficient (Wildman–Crippen LogP) is 7.86. The van der Waals surface area contributed by atoms with Crippen molar-refractivity contribution in [3.05, 3.63) is 41.2 Å². The molecule has 1 aromatic heterocycles. The lowest BCUT2D eigenvalue weighted by Crippen LogP contribution is -2.66. The number of carbonyl (C=O) groups is 3. The molecule has 1 heterocycles. The molecule has 306 valence electrons. The Kier molecular flexibility index (Phi) is 11.4. The number of Topliss-reactive ketones (excluding diaryl/α,β-unsaturated/α-hetero) is 1. The van der Waals surface area contributed by atoms with Crippen molar-refractivity contribution in [1.29, 1.82) is 0 Å². The Balaban J connectivity index is 1.28. The molecule has 0 amide bonds. The molecule has 2 unspecified atom stereocenters. The monoisotopic (exact) mass is 762 g/mol. The van der Waals surface area contributed by atoms with E-state index in [1.165, 1.54) is 5.57 Å². The molecule has 9 heteroatoms. The van der Waals surface area contributed by atoms with E-state index in [0.29, 0.717) is 31.3 Å². The molecule has 0 bridgehead atoms. The number of carboxylic acid groups (broad SMARTS) is 1. The van der Waals surface area contributed by atoms with Crippen LogP contribution >= 0.6 is 0 Å². The normalized spacial score (nSPS) is 36.2. The lowest BCUT2D eigenvalue weighted by molar-refractivity contribution is -0.235. The number of aliphatic hydroxyl groups excluding tert-OH is 1. The third-order valence-corrected chi connectivity index (χ3v) is 16.7. The maximum atomic E-state index is 14.2. The van der Waals surface area contributed by atoms with Crippen LogP contribution in [0.1, 0.15) is 132 Å². The van der Waals surface area contributed by atoms with Crippen molar-refractivity contribution in [3.63, 3.8) is 0 Å². The fraction of sp³-hybridized carbons (Fsp3) is 0.783. The quantitative estimate of drug-likeness (QED) is 0.172. The van der Waals surface area contributed by atoms with Crippen LogP contribution in [0.4, 0.5) is 0 Å². The van der Waals surface area contributed by atoms with Crippen LogP contribution in [-0.4, -0.2) is 76.7 Å². The topological polar surface area (TPSA) is 129 Å². The van der Waals surface area contributed by atoms with Crippen molar-refractivity contribution < 1.29 is 29.3 Å². The SMILES string of the molecule is CNCCN(Cc1cccnc1)CC(O)C12CC[C@]3(C)[C@H](CC[C@@H]4[C@@]5(C)CC[C@H](OC(=O)CC(C)(C)C(=O)O)C(C)(C)[C@@H]5CC[C@]43C)C1=C(C(C)C)C(=O)C2. The second kappa shape index (κ2) is 15.0. The first kappa shape index (κ1) is 42.0. The van der Waals surface area contributed by atoms with E-state index >= 15 is 0 Å². The molecule has 0 spiro atoms. The molecule has 0 aliphatic heterocycles. The molecule has 9 nitrogen and oxygen atoms in total. The van der Waals surface area contributed by atoms with Gasteiger partial charge in [0, 0.05) is 55.8 Å². The molecule has 4 fully saturated rings. The molecule has 5 aliphatic carbocycles. The van der Waals surface area contributed by atoms with Crippen LogP contribution in [0.15, 0.2) is 35.7 Å². The number of aliphatic carboxylic acids is 1. The zero-order chi connectivity index (χ0) is 40.4. The van der Waals surface area contributed by atoms with E-state index in [1.807, 2.05) is 19.3 Å². The Hall–Kier alpha value is -2.62. The molecule has 9 atom stereocenters. The van der Waals surface area contributed by atoms with E-state index in [4.69, 9.17) is 4.74 Å². The van der Waals surface area contributed by atoms with Gasteiger partial charge >= 0.3 is 11.9 Å². The molecule has 4 saturated carbocycles. The van der Waals surface area contributed by atoms with E-state index in [1.54, 1.807) is 20.0 Å². The number of esters is 1. The molecule has 0 saturated heterocycles. The molecule has 6 rings (SSSR count). The van der Waals surface area contributed by atoms with Crippen LogP contribution in [-0.2, 0) is 25.7 Å². The summed E-state index contributed by atoms with van der Waals surface area (Å²) in [5, 5.41) is 25.5. The summed E-state index contributed by atoms with van der Waals surface area (Å²) in [4.78, 5) is 45.8. The molecular weight excluding hydrogens is 691 g/mol. The lowest BCUT2D eigenvalue weighted by atomic mass is 9.33. The summed E-state index contributed by atoms with van der Waals surface area (Å²) in [5.41, 5.74) is 1.54. The Labute approximate surface area is 330 Å². The van der Waals surface area contributed by atoms with E-state index in [0.717, 1.165) is 75.6 Å². The zero-order valence-electron chi connectivity index (χ0n) is 35.6. The number of allylic oxidation sites excluding steroid dienone is 1. The number of ketones is 1. The van der Waals surface area contributed by atoms with Gasteiger partial charge in [0.25, 0.3) is 0 Å². The van der Waals surface area contributed by atoms with Crippen LogP contribution in [0.3, 0.4) is 0 Å². The Bertz CT molecular complexity index is 1660. The van der Waals surface area contributed by atoms with Gasteiger partial charge in [-0.05, 0) is 129 Å². The number of carboxylic acids is 1. The van der Waals surface area contributed by atoms with Gasteiger partial charge in [-0.1, -0.05) is 60.1 Å². The van der Waals surface area contributed by atoms with Crippen molar-refractivity contribution in [1.82, 2.24) is 15.2 Å². The number of nitrogens with one attached hydrogen (secondary N) is 1. The molecule has 0 aromatic carbocycles. The minimum absolute atomic E-state index is 0.0232. The third kappa shape index (κ3) is 6.94. The van der Waals surface area contributed by atoms with Crippen molar-refractivity contribution in [2.75, 3.05) is 26.7 Å². The Morgan fingerprint density at radius 2 is 1.75 bits per heavy atom. The molecule has 1 aromatic rings. The van der Waals surface area contributed by atoms with Crippen LogP contribution in [0.2, 0.25) is 0 Å². The van der Waals surface area contributed by atoms with Gasteiger partial charge in [0.2, 0.25) is 0 Å². The summed E-state index contributed by atoms with van der Waals surface area (Å²) in [6, 6.07) is 4.06. The first-order chi connectivity index (χ1) is 25.7. The number of nitrogens with zero attached hydrogens (tertiary/aromatic N) is 2. The number of ether oxygens (including phenoxy) is 1. The van der Waals surface area contributed by atoms with E-state index in [-0.39, 0.29) is 51.8 Å². The second-order valence-electron chi connectivity index (χ2n) is 20.8. The smallest absolute Gasteiger partial charge is 0.309 e. The predicted molar refractivity (Wildman–Crippen MR) is 215 cm³/mol. The van der Waals surface area contributed by atoms with Gasteiger partial charge in [0.05, 0.1) is 17.9 Å².